The number of rotatable bonds is 6. The molecule has 0 saturated heterocycles. The van der Waals surface area contributed by atoms with Crippen LogP contribution in [0.25, 0.3) is 0 Å². The van der Waals surface area contributed by atoms with E-state index in [1.807, 2.05) is 44.2 Å². The average molecular weight is 268 g/mol. The van der Waals surface area contributed by atoms with Crippen molar-refractivity contribution in [1.82, 2.24) is 0 Å². The fourth-order valence-corrected chi connectivity index (χ4v) is 3.55. The van der Waals surface area contributed by atoms with E-state index in [9.17, 15) is 9.00 Å². The largest absolute Gasteiger partial charge is 0.369 e. The molecule has 0 aromatic heterocycles. The van der Waals surface area contributed by atoms with Gasteiger partial charge in [-0.1, -0.05) is 44.2 Å². The average Bonchev–Trinajstić information content (AvgIpc) is 2.28. The summed E-state index contributed by atoms with van der Waals surface area (Å²) in [6.45, 7) is 3.90. The van der Waals surface area contributed by atoms with Crippen LogP contribution in [0.15, 0.2) is 30.3 Å². The molecule has 18 heavy (non-hydrogen) atoms. The van der Waals surface area contributed by atoms with Crippen molar-refractivity contribution in [1.29, 1.82) is 0 Å². The van der Waals surface area contributed by atoms with E-state index in [0.29, 0.717) is 0 Å². The summed E-state index contributed by atoms with van der Waals surface area (Å²) in [6.07, 6.45) is 0. The molecular weight excluding hydrogens is 248 g/mol. The zero-order chi connectivity index (χ0) is 13.7. The molecule has 3 atom stereocenters. The topological polar surface area (TPSA) is 86.2 Å². The number of nitrogens with two attached hydrogens (primary N) is 2. The van der Waals surface area contributed by atoms with Gasteiger partial charge in [-0.2, -0.15) is 0 Å². The minimum absolute atomic E-state index is 0.111. The van der Waals surface area contributed by atoms with Gasteiger partial charge in [0, 0.05) is 16.8 Å². The summed E-state index contributed by atoms with van der Waals surface area (Å²) in [5.41, 5.74) is 12.2. The molecular formula is C13H20N2O2S. The van der Waals surface area contributed by atoms with Crippen LogP contribution in [0.1, 0.15) is 25.5 Å². The predicted molar refractivity (Wildman–Crippen MR) is 74.2 cm³/mol. The first kappa shape index (κ1) is 14.9. The van der Waals surface area contributed by atoms with Gasteiger partial charge in [-0.05, 0) is 11.5 Å². The van der Waals surface area contributed by atoms with E-state index in [2.05, 4.69) is 0 Å². The van der Waals surface area contributed by atoms with E-state index < -0.39 is 16.7 Å². The van der Waals surface area contributed by atoms with Crippen molar-refractivity contribution < 1.29 is 9.00 Å². The molecule has 100 valence electrons. The van der Waals surface area contributed by atoms with Crippen molar-refractivity contribution in [3.8, 4) is 0 Å². The maximum absolute atomic E-state index is 12.1. The Morgan fingerprint density at radius 3 is 2.28 bits per heavy atom. The molecule has 0 aliphatic carbocycles. The zero-order valence-corrected chi connectivity index (χ0v) is 11.5. The lowest BCUT2D eigenvalue weighted by Gasteiger charge is -2.26. The molecule has 0 radical (unpaired) electrons. The number of hydrogen-bond donors (Lipinski definition) is 2. The molecule has 1 aromatic carbocycles. The molecule has 0 fully saturated rings. The van der Waals surface area contributed by atoms with Crippen molar-refractivity contribution in [2.24, 2.45) is 17.4 Å². The van der Waals surface area contributed by atoms with Gasteiger partial charge in [0.15, 0.2) is 0 Å². The summed E-state index contributed by atoms with van der Waals surface area (Å²) in [4.78, 5) is 10.9. The molecule has 0 heterocycles. The highest BCUT2D eigenvalue weighted by Gasteiger charge is 2.29. The van der Waals surface area contributed by atoms with Crippen LogP contribution < -0.4 is 11.5 Å². The van der Waals surface area contributed by atoms with Crippen LogP contribution in [0.2, 0.25) is 0 Å². The lowest BCUT2D eigenvalue weighted by atomic mass is 9.97. The van der Waals surface area contributed by atoms with Gasteiger partial charge in [-0.25, -0.2) is 0 Å². The summed E-state index contributed by atoms with van der Waals surface area (Å²) in [5, 5.41) is -0.278. The van der Waals surface area contributed by atoms with Crippen molar-refractivity contribution in [3.63, 3.8) is 0 Å². The normalized spacial score (nSPS) is 16.2. The Morgan fingerprint density at radius 2 is 1.83 bits per heavy atom. The van der Waals surface area contributed by atoms with E-state index in [1.54, 1.807) is 0 Å². The van der Waals surface area contributed by atoms with Crippen LogP contribution >= 0.6 is 0 Å². The zero-order valence-electron chi connectivity index (χ0n) is 10.7. The van der Waals surface area contributed by atoms with Gasteiger partial charge in [0.2, 0.25) is 5.91 Å². The first-order valence-corrected chi connectivity index (χ1v) is 7.27. The van der Waals surface area contributed by atoms with E-state index >= 15 is 0 Å². The first-order valence-electron chi connectivity index (χ1n) is 5.89. The minimum atomic E-state index is -1.35. The number of benzene rings is 1. The number of carbonyl (C=O) groups is 1. The fraction of sp³-hybridized carbons (Fsp3) is 0.462. The van der Waals surface area contributed by atoms with Crippen molar-refractivity contribution >= 4 is 16.7 Å². The van der Waals surface area contributed by atoms with Gasteiger partial charge >= 0.3 is 0 Å². The molecule has 0 aliphatic heterocycles. The second-order valence-corrected chi connectivity index (χ2v) is 6.23. The van der Waals surface area contributed by atoms with Gasteiger partial charge in [-0.3, -0.25) is 9.00 Å². The second kappa shape index (κ2) is 6.66. The molecule has 1 amide bonds. The molecule has 3 unspecified atom stereocenters. The van der Waals surface area contributed by atoms with Crippen LogP contribution in [0.5, 0.6) is 0 Å². The van der Waals surface area contributed by atoms with E-state index in [-0.39, 0.29) is 23.0 Å². The molecule has 0 aliphatic rings. The van der Waals surface area contributed by atoms with Gasteiger partial charge in [0.1, 0.15) is 5.75 Å². The van der Waals surface area contributed by atoms with E-state index in [0.717, 1.165) is 5.56 Å². The van der Waals surface area contributed by atoms with Crippen molar-refractivity contribution in [2.45, 2.75) is 25.1 Å². The summed E-state index contributed by atoms with van der Waals surface area (Å²) < 4.78 is 12.1. The quantitative estimate of drug-likeness (QED) is 0.805. The molecule has 5 heteroatoms. The Bertz CT molecular complexity index is 420. The lowest BCUT2D eigenvalue weighted by molar-refractivity contribution is -0.115. The molecule has 4 nitrogen and oxygen atoms in total. The van der Waals surface area contributed by atoms with Gasteiger partial charge in [-0.15, -0.1) is 0 Å². The van der Waals surface area contributed by atoms with Gasteiger partial charge in [0.05, 0.1) is 5.25 Å². The Labute approximate surface area is 110 Å². The molecule has 1 rings (SSSR count). The molecule has 0 bridgehead atoms. The number of primary amides is 1. The van der Waals surface area contributed by atoms with E-state index in [4.69, 9.17) is 11.5 Å². The summed E-state index contributed by atoms with van der Waals surface area (Å²) in [7, 11) is -1.35. The molecule has 1 aromatic rings. The van der Waals surface area contributed by atoms with Crippen LogP contribution in [-0.4, -0.2) is 21.1 Å². The molecule has 0 spiro atoms. The minimum Gasteiger partial charge on any atom is -0.369 e. The highest BCUT2D eigenvalue weighted by atomic mass is 32.2. The Kier molecular flexibility index (Phi) is 5.50. The summed E-state index contributed by atoms with van der Waals surface area (Å²) in [6, 6.07) is 9.14. The Morgan fingerprint density at radius 1 is 1.28 bits per heavy atom. The van der Waals surface area contributed by atoms with Crippen LogP contribution in [0.4, 0.5) is 0 Å². The van der Waals surface area contributed by atoms with Crippen molar-refractivity contribution in [2.75, 3.05) is 5.75 Å². The molecule has 0 saturated carbocycles. The van der Waals surface area contributed by atoms with Crippen LogP contribution in [0.3, 0.4) is 0 Å². The van der Waals surface area contributed by atoms with Crippen molar-refractivity contribution in [3.05, 3.63) is 35.9 Å². The maximum Gasteiger partial charge on any atom is 0.230 e. The fourth-order valence-electron chi connectivity index (χ4n) is 1.98. The third-order valence-electron chi connectivity index (χ3n) is 2.78. The highest BCUT2D eigenvalue weighted by molar-refractivity contribution is 7.86. The first-order chi connectivity index (χ1) is 8.43. The maximum atomic E-state index is 12.1. The summed E-state index contributed by atoms with van der Waals surface area (Å²) in [5.74, 6) is -0.580. The van der Waals surface area contributed by atoms with Crippen LogP contribution in [0, 0.1) is 5.92 Å². The Hall–Kier alpha value is -1.20. The Balaban J connectivity index is 2.92. The van der Waals surface area contributed by atoms with Gasteiger partial charge < -0.3 is 11.5 Å². The summed E-state index contributed by atoms with van der Waals surface area (Å²) >= 11 is 0. The number of carbonyl (C=O) groups excluding carboxylic acids is 1. The smallest absolute Gasteiger partial charge is 0.230 e. The SMILES string of the molecule is CC(C)C(C(N)c1ccccc1)S(=O)CC(N)=O. The van der Waals surface area contributed by atoms with Gasteiger partial charge in [0.25, 0.3) is 0 Å². The van der Waals surface area contributed by atoms with Crippen LogP contribution in [-0.2, 0) is 15.6 Å². The monoisotopic (exact) mass is 268 g/mol. The van der Waals surface area contributed by atoms with E-state index in [1.165, 1.54) is 0 Å². The predicted octanol–water partition coefficient (Wildman–Crippen LogP) is 0.945. The lowest BCUT2D eigenvalue weighted by Crippen LogP contribution is -2.38. The molecule has 4 N–H and O–H groups in total. The third-order valence-corrected chi connectivity index (χ3v) is 4.80. The standard InChI is InChI=1S/C13H20N2O2S/c1-9(2)13(18(17)8-11(14)16)12(15)10-6-4-3-5-7-10/h3-7,9,12-13H,8,15H2,1-2H3,(H2,14,16). The second-order valence-electron chi connectivity index (χ2n) is 4.64. The highest BCUT2D eigenvalue weighted by Crippen LogP contribution is 2.24. The number of hydrogen-bond acceptors (Lipinski definition) is 3. The number of amides is 1. The third kappa shape index (κ3) is 3.92.